The topological polar surface area (TPSA) is 110 Å². The van der Waals surface area contributed by atoms with Gasteiger partial charge in [-0.2, -0.15) is 0 Å². The minimum Gasteiger partial charge on any atom is -0.486 e. The number of aromatic nitrogens is 1. The predicted octanol–water partition coefficient (Wildman–Crippen LogP) is 2.24. The first kappa shape index (κ1) is 18.9. The normalized spacial score (nSPS) is 22.8. The van der Waals surface area contributed by atoms with E-state index >= 15 is 0 Å². The first-order valence-electron chi connectivity index (χ1n) is 9.73. The predicted molar refractivity (Wildman–Crippen MR) is 109 cm³/mol. The van der Waals surface area contributed by atoms with Gasteiger partial charge in [0.05, 0.1) is 5.69 Å². The zero-order valence-corrected chi connectivity index (χ0v) is 17.1. The first-order chi connectivity index (χ1) is 14.4. The van der Waals surface area contributed by atoms with Crippen molar-refractivity contribution in [2.75, 3.05) is 25.1 Å². The van der Waals surface area contributed by atoms with Gasteiger partial charge in [0.25, 0.3) is 5.91 Å². The summed E-state index contributed by atoms with van der Waals surface area (Å²) in [6.45, 7) is 2.41. The number of ether oxygens (including phenoxy) is 2. The van der Waals surface area contributed by atoms with E-state index in [9.17, 15) is 14.4 Å². The molecule has 9 nitrogen and oxygen atoms in total. The van der Waals surface area contributed by atoms with Crippen molar-refractivity contribution in [2.24, 2.45) is 5.92 Å². The zero-order chi connectivity index (χ0) is 20.9. The molecule has 1 atom stereocenters. The molecule has 0 unspecified atom stereocenters. The van der Waals surface area contributed by atoms with Crippen LogP contribution in [0.5, 0.6) is 11.5 Å². The van der Waals surface area contributed by atoms with E-state index in [-0.39, 0.29) is 18.4 Å². The second-order valence-corrected chi connectivity index (χ2v) is 8.60. The number of imide groups is 1. The second kappa shape index (κ2) is 6.98. The summed E-state index contributed by atoms with van der Waals surface area (Å²) in [5.74, 6) is 0.688. The third-order valence-corrected chi connectivity index (χ3v) is 6.34. The van der Waals surface area contributed by atoms with Crippen LogP contribution in [0.15, 0.2) is 23.6 Å². The van der Waals surface area contributed by atoms with E-state index in [2.05, 4.69) is 15.6 Å². The summed E-state index contributed by atoms with van der Waals surface area (Å²) in [6.07, 6.45) is 1.81. The van der Waals surface area contributed by atoms with Crippen molar-refractivity contribution in [1.82, 2.24) is 15.2 Å². The van der Waals surface area contributed by atoms with Crippen molar-refractivity contribution in [3.63, 3.8) is 0 Å². The molecule has 5 rings (SSSR count). The number of nitrogens with one attached hydrogen (secondary N) is 2. The number of carbonyl (C=O) groups excluding carboxylic acids is 3. The molecule has 1 saturated heterocycles. The largest absolute Gasteiger partial charge is 0.486 e. The van der Waals surface area contributed by atoms with Gasteiger partial charge in [-0.15, -0.1) is 11.3 Å². The van der Waals surface area contributed by atoms with Crippen LogP contribution in [0.3, 0.4) is 0 Å². The van der Waals surface area contributed by atoms with Crippen LogP contribution in [-0.4, -0.2) is 53.0 Å². The van der Waals surface area contributed by atoms with E-state index < -0.39 is 17.5 Å². The Balaban J connectivity index is 1.25. The summed E-state index contributed by atoms with van der Waals surface area (Å²) in [5.41, 5.74) is 0.623. The SMILES string of the molecule is C[C@]1(C2CC2)NC(=O)N(CC(=O)Nc2nc(-c3ccc4c(c3)OCCO4)cs2)C1=O. The maximum atomic E-state index is 12.6. The van der Waals surface area contributed by atoms with E-state index in [1.54, 1.807) is 6.92 Å². The number of benzene rings is 1. The molecule has 0 spiro atoms. The van der Waals surface area contributed by atoms with Crippen molar-refractivity contribution >= 4 is 34.3 Å². The average molecular weight is 428 g/mol. The molecule has 3 heterocycles. The second-order valence-electron chi connectivity index (χ2n) is 7.74. The maximum absolute atomic E-state index is 12.6. The molecular formula is C20H20N4O5S. The van der Waals surface area contributed by atoms with Crippen LogP contribution in [-0.2, 0) is 9.59 Å². The number of hydrogen-bond acceptors (Lipinski definition) is 7. The van der Waals surface area contributed by atoms with Gasteiger partial charge in [0.15, 0.2) is 16.6 Å². The summed E-state index contributed by atoms with van der Waals surface area (Å²) in [7, 11) is 0. The van der Waals surface area contributed by atoms with E-state index in [0.29, 0.717) is 35.5 Å². The van der Waals surface area contributed by atoms with E-state index in [4.69, 9.17) is 9.47 Å². The highest BCUT2D eigenvalue weighted by atomic mass is 32.1. The lowest BCUT2D eigenvalue weighted by molar-refractivity contribution is -0.134. The van der Waals surface area contributed by atoms with Crippen LogP contribution in [0.2, 0.25) is 0 Å². The van der Waals surface area contributed by atoms with Crippen LogP contribution in [0.1, 0.15) is 19.8 Å². The summed E-state index contributed by atoms with van der Waals surface area (Å²) in [6, 6.07) is 5.03. The lowest BCUT2D eigenvalue weighted by Crippen LogP contribution is -2.46. The number of rotatable bonds is 5. The van der Waals surface area contributed by atoms with Crippen LogP contribution >= 0.6 is 11.3 Å². The summed E-state index contributed by atoms with van der Waals surface area (Å²) in [5, 5.41) is 7.62. The van der Waals surface area contributed by atoms with E-state index in [1.165, 1.54) is 11.3 Å². The van der Waals surface area contributed by atoms with Gasteiger partial charge in [-0.1, -0.05) is 0 Å². The Hall–Kier alpha value is -3.14. The van der Waals surface area contributed by atoms with Crippen LogP contribution in [0.4, 0.5) is 9.93 Å². The van der Waals surface area contributed by atoms with E-state index in [0.717, 1.165) is 23.3 Å². The van der Waals surface area contributed by atoms with Gasteiger partial charge in [-0.3, -0.25) is 14.5 Å². The molecule has 2 aliphatic heterocycles. The molecule has 10 heteroatoms. The first-order valence-corrected chi connectivity index (χ1v) is 10.6. The molecule has 1 aromatic heterocycles. The third-order valence-electron chi connectivity index (χ3n) is 5.59. The Bertz CT molecular complexity index is 1050. The highest BCUT2D eigenvalue weighted by Gasteiger charge is 2.56. The van der Waals surface area contributed by atoms with Crippen molar-refractivity contribution in [3.8, 4) is 22.8 Å². The van der Waals surface area contributed by atoms with Gasteiger partial charge < -0.3 is 20.1 Å². The molecule has 2 aromatic rings. The number of hydrogen-bond donors (Lipinski definition) is 2. The fourth-order valence-corrected chi connectivity index (χ4v) is 4.50. The van der Waals surface area contributed by atoms with E-state index in [1.807, 2.05) is 23.6 Å². The highest BCUT2D eigenvalue weighted by molar-refractivity contribution is 7.14. The van der Waals surface area contributed by atoms with Crippen molar-refractivity contribution < 1.29 is 23.9 Å². The summed E-state index contributed by atoms with van der Waals surface area (Å²) in [4.78, 5) is 42.7. The quantitative estimate of drug-likeness (QED) is 0.707. The maximum Gasteiger partial charge on any atom is 0.325 e. The molecule has 1 aromatic carbocycles. The van der Waals surface area contributed by atoms with Crippen molar-refractivity contribution in [3.05, 3.63) is 23.6 Å². The standard InChI is InChI=1S/C20H20N4O5S/c1-20(12-3-4-12)17(26)24(19(27)23-20)9-16(25)22-18-21-13(10-30-18)11-2-5-14-15(8-11)29-7-6-28-14/h2,5,8,10,12H,3-4,6-7,9H2,1H3,(H,23,27)(H,21,22,25)/t20-/m1/s1. The molecule has 3 aliphatic rings. The minimum atomic E-state index is -0.899. The van der Waals surface area contributed by atoms with Crippen molar-refractivity contribution in [1.29, 1.82) is 0 Å². The van der Waals surface area contributed by atoms with Gasteiger partial charge >= 0.3 is 6.03 Å². The molecule has 1 saturated carbocycles. The molecule has 1 aliphatic carbocycles. The molecule has 0 bridgehead atoms. The summed E-state index contributed by atoms with van der Waals surface area (Å²) < 4.78 is 11.1. The molecule has 156 valence electrons. The zero-order valence-electron chi connectivity index (χ0n) is 16.3. The lowest BCUT2D eigenvalue weighted by atomic mass is 9.96. The Morgan fingerprint density at radius 3 is 2.83 bits per heavy atom. The average Bonchev–Trinajstić information content (AvgIpc) is 3.46. The van der Waals surface area contributed by atoms with Crippen LogP contribution in [0.25, 0.3) is 11.3 Å². The van der Waals surface area contributed by atoms with Crippen LogP contribution in [0, 0.1) is 5.92 Å². The van der Waals surface area contributed by atoms with Gasteiger partial charge in [0.2, 0.25) is 5.91 Å². The number of thiazole rings is 1. The van der Waals surface area contributed by atoms with Gasteiger partial charge in [0.1, 0.15) is 25.3 Å². The Morgan fingerprint density at radius 1 is 1.30 bits per heavy atom. The lowest BCUT2D eigenvalue weighted by Gasteiger charge is -2.20. The number of fused-ring (bicyclic) bond motifs is 1. The fourth-order valence-electron chi connectivity index (χ4n) is 3.77. The number of amides is 4. The van der Waals surface area contributed by atoms with Gasteiger partial charge in [-0.05, 0) is 43.9 Å². The Labute approximate surface area is 176 Å². The minimum absolute atomic E-state index is 0.148. The molecule has 2 fully saturated rings. The van der Waals surface area contributed by atoms with Crippen LogP contribution < -0.4 is 20.1 Å². The summed E-state index contributed by atoms with van der Waals surface area (Å²) >= 11 is 1.27. The highest BCUT2D eigenvalue weighted by Crippen LogP contribution is 2.42. The molecule has 4 amide bonds. The Morgan fingerprint density at radius 2 is 2.07 bits per heavy atom. The monoisotopic (exact) mass is 428 g/mol. The fraction of sp³-hybridized carbons (Fsp3) is 0.400. The number of anilines is 1. The number of urea groups is 1. The number of nitrogens with zero attached hydrogens (tertiary/aromatic N) is 2. The number of carbonyl (C=O) groups is 3. The molecular weight excluding hydrogens is 408 g/mol. The molecule has 30 heavy (non-hydrogen) atoms. The van der Waals surface area contributed by atoms with Gasteiger partial charge in [-0.25, -0.2) is 9.78 Å². The Kier molecular flexibility index (Phi) is 4.39. The third kappa shape index (κ3) is 3.26. The van der Waals surface area contributed by atoms with Crippen molar-refractivity contribution in [2.45, 2.75) is 25.3 Å². The smallest absolute Gasteiger partial charge is 0.325 e. The molecule has 2 N–H and O–H groups in total. The van der Waals surface area contributed by atoms with Gasteiger partial charge in [0, 0.05) is 10.9 Å². The molecule has 0 radical (unpaired) electrons.